The fourth-order valence-electron chi connectivity index (χ4n) is 5.29. The number of hydrogen-bond donors (Lipinski definition) is 2. The van der Waals surface area contributed by atoms with Crippen LogP contribution in [0.1, 0.15) is 36.6 Å². The zero-order valence-electron chi connectivity index (χ0n) is 19.4. The number of aryl methyl sites for hydroxylation is 1. The summed E-state index contributed by atoms with van der Waals surface area (Å²) in [7, 11) is 0. The minimum Gasteiger partial charge on any atom is -0.354 e. The maximum Gasteiger partial charge on any atom is 0.222 e. The van der Waals surface area contributed by atoms with Crippen molar-refractivity contribution >= 4 is 27.8 Å². The van der Waals surface area contributed by atoms with Crippen molar-refractivity contribution in [3.8, 4) is 11.3 Å². The molecule has 0 atom stereocenters. The highest BCUT2D eigenvalue weighted by atomic mass is 19.1. The third-order valence-electron chi connectivity index (χ3n) is 7.16. The van der Waals surface area contributed by atoms with Gasteiger partial charge in [-0.15, -0.1) is 0 Å². The number of amides is 1. The average molecular weight is 467 g/mol. The second-order valence-corrected chi connectivity index (χ2v) is 9.33. The van der Waals surface area contributed by atoms with Crippen molar-refractivity contribution in [3.05, 3.63) is 90.0 Å². The third kappa shape index (κ3) is 4.20. The molecule has 176 valence electrons. The second kappa shape index (κ2) is 9.02. The van der Waals surface area contributed by atoms with Crippen LogP contribution in [0.2, 0.25) is 0 Å². The van der Waals surface area contributed by atoms with Crippen LogP contribution in [0, 0.1) is 5.82 Å². The van der Waals surface area contributed by atoms with E-state index in [4.69, 9.17) is 4.98 Å². The van der Waals surface area contributed by atoms with Gasteiger partial charge in [0, 0.05) is 42.0 Å². The van der Waals surface area contributed by atoms with Crippen LogP contribution in [0.4, 0.5) is 4.39 Å². The van der Waals surface area contributed by atoms with E-state index in [1.54, 1.807) is 12.1 Å². The van der Waals surface area contributed by atoms with Gasteiger partial charge in [-0.1, -0.05) is 42.5 Å². The number of benzene rings is 3. The quantitative estimate of drug-likeness (QED) is 0.324. The molecular weight excluding hydrogens is 439 g/mol. The van der Waals surface area contributed by atoms with Gasteiger partial charge in [-0.25, -0.2) is 9.37 Å². The number of piperidine rings is 1. The molecule has 5 nitrogen and oxygen atoms in total. The zero-order chi connectivity index (χ0) is 23.8. The van der Waals surface area contributed by atoms with Gasteiger partial charge in [-0.05, 0) is 60.7 Å². The molecule has 6 rings (SSSR count). The lowest BCUT2D eigenvalue weighted by atomic mass is 9.95. The summed E-state index contributed by atoms with van der Waals surface area (Å²) in [4.78, 5) is 26.8. The Morgan fingerprint density at radius 2 is 1.71 bits per heavy atom. The van der Waals surface area contributed by atoms with Crippen molar-refractivity contribution in [2.24, 2.45) is 0 Å². The van der Waals surface area contributed by atoms with Crippen LogP contribution in [0.15, 0.2) is 72.8 Å². The molecule has 0 radical (unpaired) electrons. The van der Waals surface area contributed by atoms with Crippen LogP contribution in [0.25, 0.3) is 33.2 Å². The predicted octanol–water partition coefficient (Wildman–Crippen LogP) is 6.19. The molecule has 6 heteroatoms. The first-order chi connectivity index (χ1) is 17.2. The molecule has 35 heavy (non-hydrogen) atoms. The summed E-state index contributed by atoms with van der Waals surface area (Å²) >= 11 is 0. The first-order valence-corrected chi connectivity index (χ1v) is 12.2. The number of rotatable bonds is 5. The minimum atomic E-state index is -0.267. The number of carbonyl (C=O) groups is 1. The Morgan fingerprint density at radius 3 is 2.51 bits per heavy atom. The molecule has 1 saturated heterocycles. The van der Waals surface area contributed by atoms with Gasteiger partial charge in [0.15, 0.2) is 0 Å². The standard InChI is InChI=1S/C29H27FN4O/c30-21-10-12-24-23(18-21)22(28(31-24)19-6-2-1-3-7-19)11-13-27(35)34-16-14-20(15-17-34)29-32-25-8-4-5-9-26(25)33-29/h1-10,12,18,20,31H,11,13-17H2,(H,32,33). The van der Waals surface area contributed by atoms with E-state index in [2.05, 4.69) is 9.97 Å². The van der Waals surface area contributed by atoms with Crippen molar-refractivity contribution in [3.63, 3.8) is 0 Å². The van der Waals surface area contributed by atoms with Gasteiger partial charge in [0.25, 0.3) is 0 Å². The summed E-state index contributed by atoms with van der Waals surface area (Å²) in [6, 6.07) is 22.9. The van der Waals surface area contributed by atoms with Crippen LogP contribution in [0.3, 0.4) is 0 Å². The van der Waals surface area contributed by atoms with Crippen LogP contribution in [-0.2, 0) is 11.2 Å². The van der Waals surface area contributed by atoms with Gasteiger partial charge in [0.2, 0.25) is 5.91 Å². The Bertz CT molecular complexity index is 1460. The van der Waals surface area contributed by atoms with Crippen molar-refractivity contribution in [1.82, 2.24) is 19.9 Å². The lowest BCUT2D eigenvalue weighted by Crippen LogP contribution is -2.38. The second-order valence-electron chi connectivity index (χ2n) is 9.33. The van der Waals surface area contributed by atoms with Gasteiger partial charge >= 0.3 is 0 Å². The Kier molecular flexibility index (Phi) is 5.57. The van der Waals surface area contributed by atoms with E-state index < -0.39 is 0 Å². The number of nitrogens with zero attached hydrogens (tertiary/aromatic N) is 2. The molecule has 3 heterocycles. The first-order valence-electron chi connectivity index (χ1n) is 12.2. The Hall–Kier alpha value is -3.93. The fourth-order valence-corrected chi connectivity index (χ4v) is 5.29. The number of aromatic amines is 2. The predicted molar refractivity (Wildman–Crippen MR) is 137 cm³/mol. The molecule has 0 saturated carbocycles. The van der Waals surface area contributed by atoms with Crippen molar-refractivity contribution in [1.29, 1.82) is 0 Å². The molecule has 3 aromatic carbocycles. The number of para-hydroxylation sites is 2. The molecule has 2 N–H and O–H groups in total. The number of likely N-dealkylation sites (tertiary alicyclic amines) is 1. The highest BCUT2D eigenvalue weighted by molar-refractivity contribution is 5.91. The van der Waals surface area contributed by atoms with E-state index in [9.17, 15) is 9.18 Å². The molecule has 0 spiro atoms. The smallest absolute Gasteiger partial charge is 0.222 e. The number of imidazole rings is 1. The molecule has 0 unspecified atom stereocenters. The van der Waals surface area contributed by atoms with E-state index in [1.165, 1.54) is 6.07 Å². The van der Waals surface area contributed by atoms with Crippen LogP contribution in [-0.4, -0.2) is 38.8 Å². The number of H-pyrrole nitrogens is 2. The number of hydrogen-bond acceptors (Lipinski definition) is 2. The summed E-state index contributed by atoms with van der Waals surface area (Å²) in [6.07, 6.45) is 2.77. The molecule has 1 amide bonds. The van der Waals surface area contributed by atoms with Gasteiger partial charge < -0.3 is 14.9 Å². The lowest BCUT2D eigenvalue weighted by Gasteiger charge is -2.31. The molecule has 0 bridgehead atoms. The van der Waals surface area contributed by atoms with Gasteiger partial charge in [-0.3, -0.25) is 4.79 Å². The number of aromatic nitrogens is 3. The van der Waals surface area contributed by atoms with Crippen molar-refractivity contribution in [2.75, 3.05) is 13.1 Å². The number of fused-ring (bicyclic) bond motifs is 2. The topological polar surface area (TPSA) is 64.8 Å². The molecule has 1 fully saturated rings. The maximum atomic E-state index is 14.1. The van der Waals surface area contributed by atoms with E-state index >= 15 is 0 Å². The van der Waals surface area contributed by atoms with Gasteiger partial charge in [-0.2, -0.15) is 0 Å². The highest BCUT2D eigenvalue weighted by Gasteiger charge is 2.26. The zero-order valence-corrected chi connectivity index (χ0v) is 19.4. The van der Waals surface area contributed by atoms with Crippen LogP contribution < -0.4 is 0 Å². The highest BCUT2D eigenvalue weighted by Crippen LogP contribution is 2.33. The minimum absolute atomic E-state index is 0.151. The van der Waals surface area contributed by atoms with E-state index in [-0.39, 0.29) is 11.7 Å². The monoisotopic (exact) mass is 466 g/mol. The van der Waals surface area contributed by atoms with Gasteiger partial charge in [0.05, 0.1) is 11.0 Å². The van der Waals surface area contributed by atoms with Crippen LogP contribution in [0.5, 0.6) is 0 Å². The first kappa shape index (κ1) is 21.6. The van der Waals surface area contributed by atoms with E-state index in [0.29, 0.717) is 18.8 Å². The lowest BCUT2D eigenvalue weighted by molar-refractivity contribution is -0.132. The molecule has 1 aliphatic rings. The summed E-state index contributed by atoms with van der Waals surface area (Å²) < 4.78 is 14.1. The summed E-state index contributed by atoms with van der Waals surface area (Å²) in [5.41, 5.74) is 5.94. The molecule has 5 aromatic rings. The Morgan fingerprint density at radius 1 is 0.943 bits per heavy atom. The average Bonchev–Trinajstić information content (AvgIpc) is 3.49. The molecule has 0 aliphatic carbocycles. The summed E-state index contributed by atoms with van der Waals surface area (Å²) in [5, 5.41) is 0.847. The SMILES string of the molecule is O=C(CCc1c(-c2ccccc2)[nH]c2ccc(F)cc12)N1CCC(c2nc3ccccc3[nH]2)CC1. The van der Waals surface area contributed by atoms with E-state index in [0.717, 1.165) is 70.5 Å². The molecule has 2 aromatic heterocycles. The number of nitrogens with one attached hydrogen (secondary N) is 2. The largest absolute Gasteiger partial charge is 0.354 e. The normalized spacial score (nSPS) is 14.7. The molecule has 1 aliphatic heterocycles. The summed E-state index contributed by atoms with van der Waals surface area (Å²) in [5.74, 6) is 1.24. The third-order valence-corrected chi connectivity index (χ3v) is 7.16. The van der Waals surface area contributed by atoms with Gasteiger partial charge in [0.1, 0.15) is 11.6 Å². The van der Waals surface area contributed by atoms with Crippen molar-refractivity contribution < 1.29 is 9.18 Å². The fraction of sp³-hybridized carbons (Fsp3) is 0.241. The van der Waals surface area contributed by atoms with E-state index in [1.807, 2.05) is 59.5 Å². The Labute approximate surface area is 203 Å². The van der Waals surface area contributed by atoms with Crippen molar-refractivity contribution in [2.45, 2.75) is 31.6 Å². The maximum absolute atomic E-state index is 14.1. The summed E-state index contributed by atoms with van der Waals surface area (Å²) in [6.45, 7) is 1.46. The molecular formula is C29H27FN4O. The number of carbonyl (C=O) groups excluding carboxylic acids is 1. The number of halogens is 1. The Balaban J connectivity index is 1.16. The van der Waals surface area contributed by atoms with Crippen LogP contribution >= 0.6 is 0 Å².